The molecule has 0 spiro atoms. The van der Waals surface area contributed by atoms with Crippen molar-refractivity contribution in [2.24, 2.45) is 0 Å². The van der Waals surface area contributed by atoms with Gasteiger partial charge in [-0.05, 0) is 49.4 Å². The van der Waals surface area contributed by atoms with Crippen molar-refractivity contribution in [3.63, 3.8) is 0 Å². The van der Waals surface area contributed by atoms with Gasteiger partial charge in [-0.25, -0.2) is 9.97 Å². The molecule has 146 valence electrons. The second kappa shape index (κ2) is 7.85. The van der Waals surface area contributed by atoms with Gasteiger partial charge in [-0.2, -0.15) is 0 Å². The minimum absolute atomic E-state index is 0.0461. The summed E-state index contributed by atoms with van der Waals surface area (Å²) in [5.41, 5.74) is 4.20. The monoisotopic (exact) mass is 395 g/mol. The summed E-state index contributed by atoms with van der Waals surface area (Å²) in [6, 6.07) is 7.86. The number of carbonyl (C=O) groups is 1. The molecule has 1 saturated heterocycles. The Balaban J connectivity index is 1.40. The molecule has 1 atom stereocenters. The Kier molecular flexibility index (Phi) is 5.28. The number of nitrogens with one attached hydrogen (secondary N) is 1. The Bertz CT molecular complexity index is 993. The Morgan fingerprint density at radius 1 is 1.14 bits per heavy atom. The largest absolute Gasteiger partial charge is 0.353 e. The highest BCUT2D eigenvalue weighted by molar-refractivity contribution is 7.17. The number of benzene rings is 1. The van der Waals surface area contributed by atoms with Crippen LogP contribution >= 0.6 is 11.3 Å². The highest BCUT2D eigenvalue weighted by Crippen LogP contribution is 2.28. The molecule has 1 aliphatic rings. The summed E-state index contributed by atoms with van der Waals surface area (Å²) in [5, 5.41) is 5.15. The van der Waals surface area contributed by atoms with E-state index in [0.29, 0.717) is 0 Å². The van der Waals surface area contributed by atoms with Crippen LogP contribution in [0.2, 0.25) is 0 Å². The van der Waals surface area contributed by atoms with Crippen molar-refractivity contribution in [3.8, 4) is 0 Å². The number of aromatic nitrogens is 2. The molecule has 1 fully saturated rings. The van der Waals surface area contributed by atoms with Crippen LogP contribution in [0.5, 0.6) is 0 Å². The molecule has 0 unspecified atom stereocenters. The lowest BCUT2D eigenvalue weighted by atomic mass is 10.1. The van der Waals surface area contributed by atoms with Gasteiger partial charge in [0.05, 0.1) is 16.3 Å². The molecule has 28 heavy (non-hydrogen) atoms. The lowest BCUT2D eigenvalue weighted by Gasteiger charge is -2.38. The summed E-state index contributed by atoms with van der Waals surface area (Å²) in [5.74, 6) is 1.05. The van der Waals surface area contributed by atoms with E-state index in [9.17, 15) is 4.79 Å². The van der Waals surface area contributed by atoms with E-state index >= 15 is 0 Å². The van der Waals surface area contributed by atoms with Gasteiger partial charge in [0.2, 0.25) is 5.91 Å². The molecular weight excluding hydrogens is 370 g/mol. The predicted octanol–water partition coefficient (Wildman–Crippen LogP) is 3.46. The predicted molar refractivity (Wildman–Crippen MR) is 115 cm³/mol. The van der Waals surface area contributed by atoms with Gasteiger partial charge >= 0.3 is 0 Å². The standard InChI is InChI=1S/C21H25N5OS/c1-14-5-4-6-17(15(14)2)24-21(27)16(3)25-8-10-26(11-9-25)20-19-18(7-12-28-19)22-13-23-20/h4-7,12-13,16H,8-11H2,1-3H3,(H,24,27)/t16-/m0/s1. The number of hydrogen-bond donors (Lipinski definition) is 1. The first-order valence-electron chi connectivity index (χ1n) is 9.59. The zero-order valence-corrected chi connectivity index (χ0v) is 17.3. The smallest absolute Gasteiger partial charge is 0.241 e. The topological polar surface area (TPSA) is 61.4 Å². The van der Waals surface area contributed by atoms with Gasteiger partial charge in [0.25, 0.3) is 0 Å². The third-order valence-corrected chi connectivity index (χ3v) is 6.53. The molecule has 1 aromatic carbocycles. The summed E-state index contributed by atoms with van der Waals surface area (Å²) in [6.07, 6.45) is 1.64. The molecule has 1 N–H and O–H groups in total. The van der Waals surface area contributed by atoms with E-state index in [1.807, 2.05) is 32.0 Å². The van der Waals surface area contributed by atoms with Crippen LogP contribution < -0.4 is 10.2 Å². The van der Waals surface area contributed by atoms with Crippen molar-refractivity contribution in [1.82, 2.24) is 14.9 Å². The number of nitrogens with zero attached hydrogens (tertiary/aromatic N) is 4. The SMILES string of the molecule is Cc1cccc(NC(=O)[C@H](C)N2CCN(c3ncnc4ccsc34)CC2)c1C. The minimum Gasteiger partial charge on any atom is -0.353 e. The third-order valence-electron chi connectivity index (χ3n) is 5.63. The summed E-state index contributed by atoms with van der Waals surface area (Å²) >= 11 is 1.68. The number of hydrogen-bond acceptors (Lipinski definition) is 6. The highest BCUT2D eigenvalue weighted by atomic mass is 32.1. The molecule has 1 amide bonds. The first-order chi connectivity index (χ1) is 13.5. The second-order valence-corrected chi connectivity index (χ2v) is 8.18. The normalized spacial score (nSPS) is 16.3. The van der Waals surface area contributed by atoms with Crippen molar-refractivity contribution < 1.29 is 4.79 Å². The number of rotatable bonds is 4. The number of amides is 1. The average Bonchev–Trinajstić information content (AvgIpc) is 3.20. The van der Waals surface area contributed by atoms with E-state index in [1.54, 1.807) is 17.7 Å². The summed E-state index contributed by atoms with van der Waals surface area (Å²) in [7, 11) is 0. The number of thiophene rings is 1. The van der Waals surface area contributed by atoms with E-state index in [4.69, 9.17) is 0 Å². The molecule has 2 aromatic heterocycles. The van der Waals surface area contributed by atoms with Gasteiger partial charge in [-0.15, -0.1) is 11.3 Å². The molecule has 7 heteroatoms. The van der Waals surface area contributed by atoms with Crippen molar-refractivity contribution in [1.29, 1.82) is 0 Å². The van der Waals surface area contributed by atoms with E-state index < -0.39 is 0 Å². The lowest BCUT2D eigenvalue weighted by Crippen LogP contribution is -2.53. The zero-order chi connectivity index (χ0) is 19.7. The fourth-order valence-corrected chi connectivity index (χ4v) is 4.47. The third kappa shape index (κ3) is 3.59. The van der Waals surface area contributed by atoms with Crippen LogP contribution in [0.15, 0.2) is 36.0 Å². The molecular formula is C21H25N5OS. The van der Waals surface area contributed by atoms with E-state index in [2.05, 4.69) is 43.5 Å². The van der Waals surface area contributed by atoms with Crippen molar-refractivity contribution in [2.75, 3.05) is 36.4 Å². The van der Waals surface area contributed by atoms with Crippen molar-refractivity contribution in [2.45, 2.75) is 26.8 Å². The highest BCUT2D eigenvalue weighted by Gasteiger charge is 2.27. The van der Waals surface area contributed by atoms with E-state index in [-0.39, 0.29) is 11.9 Å². The van der Waals surface area contributed by atoms with Gasteiger partial charge in [0.1, 0.15) is 12.1 Å². The molecule has 3 aromatic rings. The number of piperazine rings is 1. The molecule has 3 heterocycles. The molecule has 0 radical (unpaired) electrons. The molecule has 0 aliphatic carbocycles. The van der Waals surface area contributed by atoms with Crippen molar-refractivity contribution in [3.05, 3.63) is 47.1 Å². The average molecular weight is 396 g/mol. The molecule has 4 rings (SSSR count). The maximum Gasteiger partial charge on any atom is 0.241 e. The quantitative estimate of drug-likeness (QED) is 0.733. The van der Waals surface area contributed by atoms with Crippen LogP contribution in [-0.2, 0) is 4.79 Å². The van der Waals surface area contributed by atoms with Crippen LogP contribution in [0.3, 0.4) is 0 Å². The van der Waals surface area contributed by atoms with Gasteiger partial charge in [0.15, 0.2) is 0 Å². The molecule has 6 nitrogen and oxygen atoms in total. The molecule has 0 bridgehead atoms. The first kappa shape index (κ1) is 18.8. The second-order valence-electron chi connectivity index (χ2n) is 7.27. The number of anilines is 2. The van der Waals surface area contributed by atoms with Gasteiger partial charge in [-0.1, -0.05) is 12.1 Å². The fraction of sp³-hybridized carbons (Fsp3) is 0.381. The maximum atomic E-state index is 12.8. The fourth-order valence-electron chi connectivity index (χ4n) is 3.61. The first-order valence-corrected chi connectivity index (χ1v) is 10.5. The lowest BCUT2D eigenvalue weighted by molar-refractivity contribution is -0.120. The molecule has 1 aliphatic heterocycles. The Morgan fingerprint density at radius 2 is 1.93 bits per heavy atom. The Labute approximate surface area is 169 Å². The van der Waals surface area contributed by atoms with Gasteiger partial charge < -0.3 is 10.2 Å². The van der Waals surface area contributed by atoms with E-state index in [0.717, 1.165) is 53.5 Å². The van der Waals surface area contributed by atoms with Gasteiger partial charge in [0, 0.05) is 31.9 Å². The number of carbonyl (C=O) groups excluding carboxylic acids is 1. The Hall–Kier alpha value is -2.51. The number of fused-ring (bicyclic) bond motifs is 1. The van der Waals surface area contributed by atoms with Crippen LogP contribution in [0.4, 0.5) is 11.5 Å². The zero-order valence-electron chi connectivity index (χ0n) is 16.5. The van der Waals surface area contributed by atoms with Crippen LogP contribution in [-0.4, -0.2) is 53.0 Å². The van der Waals surface area contributed by atoms with Crippen molar-refractivity contribution >= 4 is 39.0 Å². The van der Waals surface area contributed by atoms with Crippen LogP contribution in [0, 0.1) is 13.8 Å². The molecule has 0 saturated carbocycles. The summed E-state index contributed by atoms with van der Waals surface area (Å²) < 4.78 is 1.14. The Morgan fingerprint density at radius 3 is 2.71 bits per heavy atom. The minimum atomic E-state index is -0.172. The maximum absolute atomic E-state index is 12.8. The summed E-state index contributed by atoms with van der Waals surface area (Å²) in [6.45, 7) is 9.46. The van der Waals surface area contributed by atoms with Crippen LogP contribution in [0.1, 0.15) is 18.1 Å². The van der Waals surface area contributed by atoms with Gasteiger partial charge in [-0.3, -0.25) is 9.69 Å². The number of aryl methyl sites for hydroxylation is 1. The summed E-state index contributed by atoms with van der Waals surface area (Å²) in [4.78, 5) is 26.2. The van der Waals surface area contributed by atoms with Crippen LogP contribution in [0.25, 0.3) is 10.2 Å². The van der Waals surface area contributed by atoms with E-state index in [1.165, 1.54) is 5.56 Å².